The maximum Gasteiger partial charge on any atom is 0.240 e. The molecule has 1 aromatic carbocycles. The number of rotatable bonds is 1. The molecule has 4 heteroatoms. The van der Waals surface area contributed by atoms with Crippen LogP contribution in [0.1, 0.15) is 17.3 Å². The van der Waals surface area contributed by atoms with Gasteiger partial charge in [0.25, 0.3) is 0 Å². The molecular formula is C12H13N3O. The Morgan fingerprint density at radius 2 is 2.19 bits per heavy atom. The fraction of sp³-hybridized carbons (Fsp3) is 0.250. The Hall–Kier alpha value is -1.81. The van der Waals surface area contributed by atoms with Gasteiger partial charge in [-0.2, -0.15) is 0 Å². The van der Waals surface area contributed by atoms with Crippen molar-refractivity contribution < 1.29 is 4.79 Å². The number of aromatic amines is 1. The summed E-state index contributed by atoms with van der Waals surface area (Å²) < 4.78 is 0. The summed E-state index contributed by atoms with van der Waals surface area (Å²) in [5, 5.41) is 4.33. The third-order valence-corrected chi connectivity index (χ3v) is 3.14. The summed E-state index contributed by atoms with van der Waals surface area (Å²) in [6, 6.07) is 7.71. The van der Waals surface area contributed by atoms with Gasteiger partial charge in [-0.05, 0) is 18.1 Å². The Morgan fingerprint density at radius 3 is 3.00 bits per heavy atom. The van der Waals surface area contributed by atoms with E-state index in [4.69, 9.17) is 5.73 Å². The number of carbonyl (C=O) groups is 1. The van der Waals surface area contributed by atoms with Crippen LogP contribution >= 0.6 is 0 Å². The summed E-state index contributed by atoms with van der Waals surface area (Å²) >= 11 is 0. The van der Waals surface area contributed by atoms with E-state index >= 15 is 0 Å². The Labute approximate surface area is 92.8 Å². The molecule has 1 aliphatic heterocycles. The monoisotopic (exact) mass is 215 g/mol. The first-order valence-electron chi connectivity index (χ1n) is 5.39. The van der Waals surface area contributed by atoms with Crippen LogP contribution < -0.4 is 11.1 Å². The van der Waals surface area contributed by atoms with E-state index in [1.165, 1.54) is 10.9 Å². The van der Waals surface area contributed by atoms with Crippen molar-refractivity contribution >= 4 is 16.8 Å². The molecule has 0 unspecified atom stereocenters. The zero-order valence-electron chi connectivity index (χ0n) is 8.79. The number of nitrogens with one attached hydrogen (secondary N) is 2. The van der Waals surface area contributed by atoms with Crippen LogP contribution in [0.25, 0.3) is 10.9 Å². The molecule has 2 heterocycles. The number of para-hydroxylation sites is 1. The number of H-pyrrole nitrogens is 1. The van der Waals surface area contributed by atoms with Crippen molar-refractivity contribution in [3.63, 3.8) is 0 Å². The lowest BCUT2D eigenvalue weighted by Gasteiger charge is -2.21. The molecule has 1 aromatic heterocycles. The normalized spacial score (nSPS) is 19.6. The highest BCUT2D eigenvalue weighted by molar-refractivity contribution is 5.89. The Kier molecular flexibility index (Phi) is 1.97. The van der Waals surface area contributed by atoms with Gasteiger partial charge in [0.15, 0.2) is 0 Å². The van der Waals surface area contributed by atoms with Crippen molar-refractivity contribution in [3.8, 4) is 0 Å². The van der Waals surface area contributed by atoms with E-state index in [1.54, 1.807) is 0 Å². The molecular weight excluding hydrogens is 202 g/mol. The van der Waals surface area contributed by atoms with Crippen LogP contribution in [0.15, 0.2) is 24.3 Å². The topological polar surface area (TPSA) is 70.9 Å². The first-order chi connectivity index (χ1) is 7.77. The van der Waals surface area contributed by atoms with Gasteiger partial charge in [0.2, 0.25) is 5.91 Å². The van der Waals surface area contributed by atoms with E-state index < -0.39 is 0 Å². The molecule has 1 amide bonds. The average Bonchev–Trinajstić information content (AvgIpc) is 2.67. The van der Waals surface area contributed by atoms with Gasteiger partial charge < -0.3 is 16.0 Å². The number of amides is 1. The van der Waals surface area contributed by atoms with Gasteiger partial charge in [-0.25, -0.2) is 0 Å². The van der Waals surface area contributed by atoms with Crippen LogP contribution in [0.3, 0.4) is 0 Å². The van der Waals surface area contributed by atoms with Crippen LogP contribution in [-0.4, -0.2) is 17.4 Å². The van der Waals surface area contributed by atoms with E-state index in [0.29, 0.717) is 0 Å². The third kappa shape index (κ3) is 1.23. The largest absolute Gasteiger partial charge is 0.368 e. The Balaban J connectivity index is 2.25. The highest BCUT2D eigenvalue weighted by Gasteiger charge is 2.27. The molecule has 0 fully saturated rings. The minimum absolute atomic E-state index is 0.326. The first-order valence-corrected chi connectivity index (χ1v) is 5.39. The highest BCUT2D eigenvalue weighted by atomic mass is 16.1. The fourth-order valence-electron chi connectivity index (χ4n) is 2.42. The van der Waals surface area contributed by atoms with E-state index in [-0.39, 0.29) is 11.9 Å². The maximum absolute atomic E-state index is 11.3. The molecule has 4 nitrogen and oxygen atoms in total. The number of hydrogen-bond donors (Lipinski definition) is 3. The fourth-order valence-corrected chi connectivity index (χ4v) is 2.42. The molecule has 82 valence electrons. The summed E-state index contributed by atoms with van der Waals surface area (Å²) in [6.07, 6.45) is 0.934. The molecule has 0 aliphatic carbocycles. The molecule has 1 atom stereocenters. The quantitative estimate of drug-likeness (QED) is 0.659. The SMILES string of the molecule is NC(=O)[C@H]1NCCc2c1[nH]c1ccccc21. The molecule has 1 aliphatic rings. The second kappa shape index (κ2) is 3.35. The maximum atomic E-state index is 11.3. The van der Waals surface area contributed by atoms with Crippen molar-refractivity contribution in [2.24, 2.45) is 5.73 Å². The zero-order valence-corrected chi connectivity index (χ0v) is 8.79. The van der Waals surface area contributed by atoms with Gasteiger partial charge in [-0.15, -0.1) is 0 Å². The van der Waals surface area contributed by atoms with Crippen molar-refractivity contribution in [2.45, 2.75) is 12.5 Å². The lowest BCUT2D eigenvalue weighted by atomic mass is 9.99. The summed E-state index contributed by atoms with van der Waals surface area (Å²) in [5.74, 6) is -0.326. The molecule has 0 bridgehead atoms. The van der Waals surface area contributed by atoms with Crippen molar-refractivity contribution in [1.82, 2.24) is 10.3 Å². The minimum atomic E-state index is -0.379. The average molecular weight is 215 g/mol. The van der Waals surface area contributed by atoms with Gasteiger partial charge in [0.05, 0.1) is 0 Å². The van der Waals surface area contributed by atoms with Gasteiger partial charge >= 0.3 is 0 Å². The van der Waals surface area contributed by atoms with E-state index in [1.807, 2.05) is 18.2 Å². The first kappa shape index (κ1) is 9.42. The van der Waals surface area contributed by atoms with Crippen LogP contribution in [0.2, 0.25) is 0 Å². The Morgan fingerprint density at radius 1 is 1.38 bits per heavy atom. The van der Waals surface area contributed by atoms with Crippen molar-refractivity contribution in [1.29, 1.82) is 0 Å². The molecule has 3 rings (SSSR count). The number of fused-ring (bicyclic) bond motifs is 3. The predicted molar refractivity (Wildman–Crippen MR) is 61.9 cm³/mol. The molecule has 2 aromatic rings. The lowest BCUT2D eigenvalue weighted by Crippen LogP contribution is -2.38. The number of primary amides is 1. The zero-order chi connectivity index (χ0) is 11.1. The van der Waals surface area contributed by atoms with Crippen molar-refractivity contribution in [2.75, 3.05) is 6.54 Å². The molecule has 0 radical (unpaired) electrons. The molecule has 4 N–H and O–H groups in total. The van der Waals surface area contributed by atoms with Crippen LogP contribution in [0.4, 0.5) is 0 Å². The van der Waals surface area contributed by atoms with Gasteiger partial charge in [-0.1, -0.05) is 18.2 Å². The third-order valence-electron chi connectivity index (χ3n) is 3.14. The van der Waals surface area contributed by atoms with Crippen LogP contribution in [0, 0.1) is 0 Å². The number of benzene rings is 1. The number of carbonyl (C=O) groups excluding carboxylic acids is 1. The van der Waals surface area contributed by atoms with Gasteiger partial charge in [0.1, 0.15) is 6.04 Å². The molecule has 0 spiro atoms. The second-order valence-electron chi connectivity index (χ2n) is 4.10. The van der Waals surface area contributed by atoms with Gasteiger partial charge in [-0.3, -0.25) is 4.79 Å². The molecule has 16 heavy (non-hydrogen) atoms. The number of nitrogens with two attached hydrogens (primary N) is 1. The van der Waals surface area contributed by atoms with E-state index in [0.717, 1.165) is 24.2 Å². The molecule has 0 saturated heterocycles. The lowest BCUT2D eigenvalue weighted by molar-refractivity contribution is -0.120. The minimum Gasteiger partial charge on any atom is -0.368 e. The van der Waals surface area contributed by atoms with Crippen LogP contribution in [0.5, 0.6) is 0 Å². The van der Waals surface area contributed by atoms with Crippen molar-refractivity contribution in [3.05, 3.63) is 35.5 Å². The number of hydrogen-bond acceptors (Lipinski definition) is 2. The van der Waals surface area contributed by atoms with E-state index in [9.17, 15) is 4.79 Å². The standard InChI is InChI=1S/C12H13N3O/c13-12(16)11-10-8(5-6-14-11)7-3-1-2-4-9(7)15-10/h1-4,11,14-15H,5-6H2,(H2,13,16)/t11-/m0/s1. The second-order valence-corrected chi connectivity index (χ2v) is 4.10. The summed E-state index contributed by atoms with van der Waals surface area (Å²) in [7, 11) is 0. The molecule has 0 saturated carbocycles. The summed E-state index contributed by atoms with van der Waals surface area (Å²) in [4.78, 5) is 14.6. The summed E-state index contributed by atoms with van der Waals surface area (Å²) in [6.45, 7) is 0.794. The smallest absolute Gasteiger partial charge is 0.240 e. The predicted octanol–water partition coefficient (Wildman–Crippen LogP) is 0.840. The summed E-state index contributed by atoms with van der Waals surface area (Å²) in [5.41, 5.74) is 8.61. The highest BCUT2D eigenvalue weighted by Crippen LogP contribution is 2.29. The Bertz CT molecular complexity index is 558. The van der Waals surface area contributed by atoms with Gasteiger partial charge in [0, 0.05) is 23.1 Å². The van der Waals surface area contributed by atoms with Crippen LogP contribution in [-0.2, 0) is 11.2 Å². The number of aromatic nitrogens is 1. The van der Waals surface area contributed by atoms with E-state index in [2.05, 4.69) is 16.4 Å².